The van der Waals surface area contributed by atoms with Gasteiger partial charge in [0.2, 0.25) is 0 Å². The van der Waals surface area contributed by atoms with Crippen molar-refractivity contribution < 1.29 is 14.2 Å². The van der Waals surface area contributed by atoms with Gasteiger partial charge in [-0.05, 0) is 62.2 Å². The van der Waals surface area contributed by atoms with E-state index >= 15 is 0 Å². The van der Waals surface area contributed by atoms with Gasteiger partial charge in [0.05, 0.1) is 19.8 Å². The second kappa shape index (κ2) is 8.32. The first-order valence-corrected chi connectivity index (χ1v) is 7.75. The Morgan fingerprint density at radius 3 is 2.09 bits per heavy atom. The largest absolute Gasteiger partial charge is 0.494 e. The molecule has 0 spiro atoms. The first-order valence-electron chi connectivity index (χ1n) is 7.75. The molecule has 0 unspecified atom stereocenters. The molecule has 0 aliphatic rings. The van der Waals surface area contributed by atoms with Crippen molar-refractivity contribution in [3.8, 4) is 17.2 Å². The van der Waals surface area contributed by atoms with Crippen LogP contribution in [-0.2, 0) is 0 Å². The summed E-state index contributed by atoms with van der Waals surface area (Å²) in [6, 6.07) is 13.8. The van der Waals surface area contributed by atoms with Crippen LogP contribution in [0.1, 0.15) is 24.5 Å². The molecule has 0 atom stereocenters. The molecule has 0 aliphatic heterocycles. The number of ether oxygens (including phenoxy) is 3. The Morgan fingerprint density at radius 2 is 1.41 bits per heavy atom. The predicted octanol–water partition coefficient (Wildman–Crippen LogP) is 4.55. The van der Waals surface area contributed by atoms with E-state index < -0.39 is 0 Å². The van der Waals surface area contributed by atoms with Gasteiger partial charge in [-0.2, -0.15) is 0 Å². The highest BCUT2D eigenvalue weighted by Crippen LogP contribution is 2.21. The Morgan fingerprint density at radius 1 is 0.773 bits per heavy atom. The second-order valence-electron chi connectivity index (χ2n) is 5.15. The maximum absolute atomic E-state index is 5.81. The zero-order valence-corrected chi connectivity index (χ0v) is 13.6. The normalized spacial score (nSPS) is 10.3. The van der Waals surface area contributed by atoms with Crippen LogP contribution in [0.25, 0.3) is 0 Å². The zero-order valence-electron chi connectivity index (χ0n) is 13.6. The summed E-state index contributed by atoms with van der Waals surface area (Å²) < 4.78 is 16.9. The van der Waals surface area contributed by atoms with Crippen molar-refractivity contribution in [2.24, 2.45) is 0 Å². The van der Waals surface area contributed by atoms with E-state index in [4.69, 9.17) is 14.2 Å². The molecule has 3 heteroatoms. The first kappa shape index (κ1) is 16.2. The lowest BCUT2D eigenvalue weighted by atomic mass is 10.1. The minimum absolute atomic E-state index is 0.638. The van der Waals surface area contributed by atoms with Crippen LogP contribution in [0.4, 0.5) is 0 Å². The van der Waals surface area contributed by atoms with Crippen molar-refractivity contribution in [2.45, 2.75) is 27.2 Å². The summed E-state index contributed by atoms with van der Waals surface area (Å²) in [4.78, 5) is 0. The first-order chi connectivity index (χ1) is 10.7. The molecule has 118 valence electrons. The number of hydrogen-bond acceptors (Lipinski definition) is 3. The Kier molecular flexibility index (Phi) is 6.13. The average Bonchev–Trinajstić information content (AvgIpc) is 2.53. The van der Waals surface area contributed by atoms with E-state index in [1.165, 1.54) is 11.1 Å². The van der Waals surface area contributed by atoms with Crippen LogP contribution in [0, 0.1) is 13.8 Å². The van der Waals surface area contributed by atoms with Crippen LogP contribution in [0.5, 0.6) is 17.2 Å². The molecule has 0 heterocycles. The third-order valence-corrected chi connectivity index (χ3v) is 3.50. The number of benzene rings is 2. The average molecular weight is 300 g/mol. The van der Waals surface area contributed by atoms with Gasteiger partial charge < -0.3 is 14.2 Å². The molecule has 0 amide bonds. The molecule has 0 N–H and O–H groups in total. The molecule has 0 aromatic heterocycles. The van der Waals surface area contributed by atoms with E-state index in [0.29, 0.717) is 19.8 Å². The summed E-state index contributed by atoms with van der Waals surface area (Å²) in [5.74, 6) is 2.68. The van der Waals surface area contributed by atoms with Crippen LogP contribution in [0.3, 0.4) is 0 Å². The van der Waals surface area contributed by atoms with Gasteiger partial charge in [-0.3, -0.25) is 0 Å². The van der Waals surface area contributed by atoms with Gasteiger partial charge in [-0.15, -0.1) is 0 Å². The number of rotatable bonds is 8. The molecule has 2 rings (SSSR count). The maximum Gasteiger partial charge on any atom is 0.122 e. The lowest BCUT2D eigenvalue weighted by Crippen LogP contribution is -2.06. The number of aryl methyl sites for hydroxylation is 1. The molecule has 0 bridgehead atoms. The monoisotopic (exact) mass is 300 g/mol. The van der Waals surface area contributed by atoms with Crippen LogP contribution >= 0.6 is 0 Å². The fourth-order valence-corrected chi connectivity index (χ4v) is 2.11. The van der Waals surface area contributed by atoms with Gasteiger partial charge in [0.15, 0.2) is 0 Å². The Labute approximate surface area is 132 Å². The fourth-order valence-electron chi connectivity index (χ4n) is 2.11. The molecule has 2 aromatic carbocycles. The van der Waals surface area contributed by atoms with Crippen molar-refractivity contribution in [3.63, 3.8) is 0 Å². The van der Waals surface area contributed by atoms with Gasteiger partial charge in [0.25, 0.3) is 0 Å². The Bertz CT molecular complexity index is 576. The molecule has 22 heavy (non-hydrogen) atoms. The third-order valence-electron chi connectivity index (χ3n) is 3.50. The summed E-state index contributed by atoms with van der Waals surface area (Å²) >= 11 is 0. The van der Waals surface area contributed by atoms with Crippen LogP contribution in [0.15, 0.2) is 42.5 Å². The van der Waals surface area contributed by atoms with Crippen molar-refractivity contribution in [3.05, 3.63) is 53.6 Å². The molecule has 0 fully saturated rings. The highest BCUT2D eigenvalue weighted by Gasteiger charge is 2.01. The van der Waals surface area contributed by atoms with Gasteiger partial charge in [-0.1, -0.05) is 12.1 Å². The molecule has 3 nitrogen and oxygen atoms in total. The van der Waals surface area contributed by atoms with Crippen molar-refractivity contribution in [1.29, 1.82) is 0 Å². The van der Waals surface area contributed by atoms with Crippen LogP contribution in [0.2, 0.25) is 0 Å². The summed E-state index contributed by atoms with van der Waals surface area (Å²) in [5, 5.41) is 0. The Hall–Kier alpha value is -2.16. The van der Waals surface area contributed by atoms with Crippen molar-refractivity contribution in [2.75, 3.05) is 19.8 Å². The topological polar surface area (TPSA) is 27.7 Å². The highest BCUT2D eigenvalue weighted by molar-refractivity contribution is 5.38. The van der Waals surface area contributed by atoms with E-state index in [2.05, 4.69) is 19.9 Å². The zero-order chi connectivity index (χ0) is 15.8. The van der Waals surface area contributed by atoms with Gasteiger partial charge >= 0.3 is 0 Å². The van der Waals surface area contributed by atoms with E-state index in [-0.39, 0.29) is 0 Å². The highest BCUT2D eigenvalue weighted by atomic mass is 16.5. The SMILES string of the molecule is CCOc1ccc(OCCCOc2cccc(C)c2C)cc1. The van der Waals surface area contributed by atoms with E-state index in [9.17, 15) is 0 Å². The smallest absolute Gasteiger partial charge is 0.122 e. The maximum atomic E-state index is 5.81. The van der Waals surface area contributed by atoms with Gasteiger partial charge in [-0.25, -0.2) is 0 Å². The molecule has 0 saturated heterocycles. The predicted molar refractivity (Wildman–Crippen MR) is 89.1 cm³/mol. The quantitative estimate of drug-likeness (QED) is 0.669. The Balaban J connectivity index is 1.70. The summed E-state index contributed by atoms with van der Waals surface area (Å²) in [5.41, 5.74) is 2.46. The molecule has 0 saturated carbocycles. The molecular weight excluding hydrogens is 276 g/mol. The lowest BCUT2D eigenvalue weighted by Gasteiger charge is -2.11. The molecule has 2 aromatic rings. The van der Waals surface area contributed by atoms with Crippen LogP contribution in [-0.4, -0.2) is 19.8 Å². The third kappa shape index (κ3) is 4.69. The molecular formula is C19H24O3. The van der Waals surface area contributed by atoms with Crippen LogP contribution < -0.4 is 14.2 Å². The van der Waals surface area contributed by atoms with Gasteiger partial charge in [0, 0.05) is 6.42 Å². The van der Waals surface area contributed by atoms with Crippen molar-refractivity contribution in [1.82, 2.24) is 0 Å². The minimum Gasteiger partial charge on any atom is -0.494 e. The summed E-state index contributed by atoms with van der Waals surface area (Å²) in [6.45, 7) is 8.12. The molecule has 0 radical (unpaired) electrons. The molecule has 0 aliphatic carbocycles. The lowest BCUT2D eigenvalue weighted by molar-refractivity contribution is 0.246. The summed E-state index contributed by atoms with van der Waals surface area (Å²) in [7, 11) is 0. The van der Waals surface area contributed by atoms with E-state index in [0.717, 1.165) is 23.7 Å². The summed E-state index contributed by atoms with van der Waals surface area (Å²) in [6.07, 6.45) is 0.848. The van der Waals surface area contributed by atoms with Gasteiger partial charge in [0.1, 0.15) is 17.2 Å². The minimum atomic E-state index is 0.638. The number of hydrogen-bond donors (Lipinski definition) is 0. The standard InChI is InChI=1S/C19H24O3/c1-4-20-17-9-11-18(12-10-17)21-13-6-14-22-19-8-5-7-15(2)16(19)3/h5,7-12H,4,6,13-14H2,1-3H3. The van der Waals surface area contributed by atoms with E-state index in [1.54, 1.807) is 0 Å². The van der Waals surface area contributed by atoms with Crippen molar-refractivity contribution >= 4 is 0 Å². The van der Waals surface area contributed by atoms with E-state index in [1.807, 2.05) is 43.3 Å². The fraction of sp³-hybridized carbons (Fsp3) is 0.368. The second-order valence-corrected chi connectivity index (χ2v) is 5.15.